The second kappa shape index (κ2) is 5.29. The Labute approximate surface area is 107 Å². The first kappa shape index (κ1) is 12.1. The highest BCUT2D eigenvalue weighted by Gasteiger charge is 2.23. The normalized spacial score (nSPS) is 14.9. The van der Waals surface area contributed by atoms with E-state index in [-0.39, 0.29) is 5.92 Å². The maximum atomic E-state index is 10.2. The lowest BCUT2D eigenvalue weighted by atomic mass is 9.99. The predicted molar refractivity (Wildman–Crippen MR) is 70.4 cm³/mol. The van der Waals surface area contributed by atoms with Crippen LogP contribution in [0.1, 0.15) is 21.8 Å². The van der Waals surface area contributed by atoms with E-state index in [1.165, 1.54) is 11.3 Å². The lowest BCUT2D eigenvalue weighted by Crippen LogP contribution is -2.18. The summed E-state index contributed by atoms with van der Waals surface area (Å²) in [5.41, 5.74) is 5.73. The molecule has 16 heavy (non-hydrogen) atoms. The first-order valence-corrected chi connectivity index (χ1v) is 6.96. The van der Waals surface area contributed by atoms with Crippen LogP contribution in [0.4, 0.5) is 0 Å². The van der Waals surface area contributed by atoms with Gasteiger partial charge in [-0.1, -0.05) is 17.7 Å². The maximum absolute atomic E-state index is 10.2. The Balaban J connectivity index is 2.22. The third-order valence-corrected chi connectivity index (χ3v) is 4.74. The van der Waals surface area contributed by atoms with Crippen molar-refractivity contribution in [3.8, 4) is 0 Å². The summed E-state index contributed by atoms with van der Waals surface area (Å²) in [5, 5.41) is 12.2. The molecule has 2 unspecified atom stereocenters. The van der Waals surface area contributed by atoms with Gasteiger partial charge in [-0.3, -0.25) is 0 Å². The van der Waals surface area contributed by atoms with E-state index >= 15 is 0 Å². The van der Waals surface area contributed by atoms with Crippen LogP contribution in [0, 0.1) is 0 Å². The molecule has 2 atom stereocenters. The molecule has 0 fully saturated rings. The molecule has 0 saturated carbocycles. The Kier molecular flexibility index (Phi) is 4.00. The number of rotatable bonds is 4. The minimum absolute atomic E-state index is 0.0466. The maximum Gasteiger partial charge on any atom is 0.0970 e. The van der Waals surface area contributed by atoms with Gasteiger partial charge in [0.25, 0.3) is 0 Å². The third kappa shape index (κ3) is 2.47. The lowest BCUT2D eigenvalue weighted by molar-refractivity contribution is 0.152. The van der Waals surface area contributed by atoms with Gasteiger partial charge in [-0.05, 0) is 23.6 Å². The van der Waals surface area contributed by atoms with Crippen molar-refractivity contribution < 1.29 is 5.11 Å². The second-order valence-corrected chi connectivity index (χ2v) is 6.17. The van der Waals surface area contributed by atoms with Crippen LogP contribution in [-0.2, 0) is 0 Å². The molecule has 5 heteroatoms. The SMILES string of the molecule is NCC(c1cccs1)C(O)c1ccc(Cl)s1. The quantitative estimate of drug-likeness (QED) is 0.898. The molecule has 0 amide bonds. The van der Waals surface area contributed by atoms with Crippen LogP contribution in [0.25, 0.3) is 0 Å². The zero-order valence-corrected chi connectivity index (χ0v) is 10.9. The second-order valence-electron chi connectivity index (χ2n) is 3.44. The summed E-state index contributed by atoms with van der Waals surface area (Å²) < 4.78 is 0.691. The van der Waals surface area contributed by atoms with Crippen LogP contribution in [0.5, 0.6) is 0 Å². The molecule has 0 saturated heterocycles. The zero-order valence-electron chi connectivity index (χ0n) is 8.47. The standard InChI is InChI=1S/C11H12ClNOS2/c12-10-4-3-9(16-10)11(14)7(6-13)8-2-1-5-15-8/h1-5,7,11,14H,6,13H2. The van der Waals surface area contributed by atoms with Gasteiger partial charge in [0.15, 0.2) is 0 Å². The van der Waals surface area contributed by atoms with E-state index in [1.54, 1.807) is 17.4 Å². The van der Waals surface area contributed by atoms with Crippen LogP contribution in [-0.4, -0.2) is 11.7 Å². The van der Waals surface area contributed by atoms with Gasteiger partial charge in [0.2, 0.25) is 0 Å². The molecular formula is C11H12ClNOS2. The molecule has 0 aliphatic carbocycles. The Bertz CT molecular complexity index is 441. The van der Waals surface area contributed by atoms with Gasteiger partial charge in [0, 0.05) is 22.2 Å². The van der Waals surface area contributed by atoms with Crippen LogP contribution in [0.2, 0.25) is 4.34 Å². The molecule has 2 aromatic heterocycles. The summed E-state index contributed by atoms with van der Waals surface area (Å²) >= 11 is 8.87. The monoisotopic (exact) mass is 273 g/mol. The van der Waals surface area contributed by atoms with E-state index in [0.29, 0.717) is 10.9 Å². The molecular weight excluding hydrogens is 262 g/mol. The zero-order chi connectivity index (χ0) is 11.5. The number of aliphatic hydroxyl groups is 1. The topological polar surface area (TPSA) is 46.2 Å². The molecule has 2 aromatic rings. The van der Waals surface area contributed by atoms with Gasteiger partial charge in [0.05, 0.1) is 10.4 Å². The van der Waals surface area contributed by atoms with Crippen LogP contribution >= 0.6 is 34.3 Å². The number of nitrogens with two attached hydrogens (primary N) is 1. The van der Waals surface area contributed by atoms with Crippen molar-refractivity contribution >= 4 is 34.3 Å². The minimum Gasteiger partial charge on any atom is -0.387 e. The van der Waals surface area contributed by atoms with Gasteiger partial charge < -0.3 is 10.8 Å². The Morgan fingerprint density at radius 3 is 2.62 bits per heavy atom. The fourth-order valence-corrected chi connectivity index (χ4v) is 3.57. The lowest BCUT2D eigenvalue weighted by Gasteiger charge is -2.18. The van der Waals surface area contributed by atoms with E-state index in [1.807, 2.05) is 23.6 Å². The van der Waals surface area contributed by atoms with Crippen LogP contribution in [0.3, 0.4) is 0 Å². The third-order valence-electron chi connectivity index (χ3n) is 2.43. The number of aliphatic hydroxyl groups excluding tert-OH is 1. The molecule has 86 valence electrons. The highest BCUT2D eigenvalue weighted by molar-refractivity contribution is 7.16. The van der Waals surface area contributed by atoms with Crippen LogP contribution in [0.15, 0.2) is 29.6 Å². The molecule has 2 nitrogen and oxygen atoms in total. The molecule has 3 N–H and O–H groups in total. The van der Waals surface area contributed by atoms with Crippen molar-refractivity contribution in [1.82, 2.24) is 0 Å². The molecule has 0 aliphatic heterocycles. The molecule has 2 rings (SSSR count). The van der Waals surface area contributed by atoms with Crippen molar-refractivity contribution in [3.63, 3.8) is 0 Å². The van der Waals surface area contributed by atoms with Crippen molar-refractivity contribution in [2.75, 3.05) is 6.54 Å². The number of hydrogen-bond donors (Lipinski definition) is 2. The van der Waals surface area contributed by atoms with Crippen LogP contribution < -0.4 is 5.73 Å². The number of thiophene rings is 2. The predicted octanol–water partition coefficient (Wildman–Crippen LogP) is 3.24. The summed E-state index contributed by atoms with van der Waals surface area (Å²) in [5.74, 6) is -0.0466. The molecule has 0 bridgehead atoms. The highest BCUT2D eigenvalue weighted by Crippen LogP contribution is 2.36. The van der Waals surface area contributed by atoms with E-state index in [4.69, 9.17) is 17.3 Å². The van der Waals surface area contributed by atoms with Gasteiger partial charge in [0.1, 0.15) is 0 Å². The highest BCUT2D eigenvalue weighted by atomic mass is 35.5. The van der Waals surface area contributed by atoms with E-state index in [0.717, 1.165) is 9.75 Å². The Hall–Kier alpha value is -0.390. The molecule has 0 radical (unpaired) electrons. The van der Waals surface area contributed by atoms with Crippen molar-refractivity contribution in [2.45, 2.75) is 12.0 Å². The molecule has 2 heterocycles. The average molecular weight is 274 g/mol. The Morgan fingerprint density at radius 1 is 1.31 bits per heavy atom. The van der Waals surface area contributed by atoms with Gasteiger partial charge >= 0.3 is 0 Å². The molecule has 0 aromatic carbocycles. The van der Waals surface area contributed by atoms with E-state index < -0.39 is 6.10 Å². The summed E-state index contributed by atoms with van der Waals surface area (Å²) in [6.07, 6.45) is -0.568. The fraction of sp³-hybridized carbons (Fsp3) is 0.273. The summed E-state index contributed by atoms with van der Waals surface area (Å²) in [6.45, 7) is 0.428. The largest absolute Gasteiger partial charge is 0.387 e. The first-order valence-electron chi connectivity index (χ1n) is 4.89. The minimum atomic E-state index is -0.568. The first-order chi connectivity index (χ1) is 7.72. The smallest absolute Gasteiger partial charge is 0.0970 e. The molecule has 0 aliphatic rings. The number of hydrogen-bond acceptors (Lipinski definition) is 4. The molecule has 0 spiro atoms. The summed E-state index contributed by atoms with van der Waals surface area (Å²) in [7, 11) is 0. The summed E-state index contributed by atoms with van der Waals surface area (Å²) in [4.78, 5) is 1.98. The van der Waals surface area contributed by atoms with Gasteiger partial charge in [-0.2, -0.15) is 0 Å². The van der Waals surface area contributed by atoms with Crippen molar-refractivity contribution in [1.29, 1.82) is 0 Å². The summed E-state index contributed by atoms with van der Waals surface area (Å²) in [6, 6.07) is 7.62. The fourth-order valence-electron chi connectivity index (χ4n) is 1.59. The Morgan fingerprint density at radius 2 is 2.12 bits per heavy atom. The van der Waals surface area contributed by atoms with Gasteiger partial charge in [-0.15, -0.1) is 22.7 Å². The van der Waals surface area contributed by atoms with Crippen molar-refractivity contribution in [3.05, 3.63) is 43.7 Å². The van der Waals surface area contributed by atoms with Gasteiger partial charge in [-0.25, -0.2) is 0 Å². The average Bonchev–Trinajstić information content (AvgIpc) is 2.90. The van der Waals surface area contributed by atoms with Crippen molar-refractivity contribution in [2.24, 2.45) is 5.73 Å². The van der Waals surface area contributed by atoms with E-state index in [9.17, 15) is 5.11 Å². The van der Waals surface area contributed by atoms with E-state index in [2.05, 4.69) is 0 Å². The number of halogens is 1.